The van der Waals surface area contributed by atoms with Gasteiger partial charge in [-0.25, -0.2) is 5.43 Å². The van der Waals surface area contributed by atoms with E-state index in [-0.39, 0.29) is 11.8 Å². The van der Waals surface area contributed by atoms with E-state index >= 15 is 0 Å². The maximum atomic E-state index is 12.0. The quantitative estimate of drug-likeness (QED) is 0.189. The summed E-state index contributed by atoms with van der Waals surface area (Å²) in [6.07, 6.45) is 5.40. The number of fused-ring (bicyclic) bond motifs is 2. The molecule has 0 bridgehead atoms. The monoisotopic (exact) mass is 387 g/mol. The summed E-state index contributed by atoms with van der Waals surface area (Å²) in [6, 6.07) is 18.4. The van der Waals surface area contributed by atoms with Crippen molar-refractivity contribution in [3.8, 4) is 0 Å². The fourth-order valence-electron chi connectivity index (χ4n) is 3.26. The summed E-state index contributed by atoms with van der Waals surface area (Å²) < 4.78 is 0. The number of hydrogen-bond acceptors (Lipinski definition) is 3. The van der Waals surface area contributed by atoms with Crippen molar-refractivity contribution < 1.29 is 9.59 Å². The normalized spacial score (nSPS) is 11.0. The molecule has 0 aliphatic carbocycles. The third-order valence-electron chi connectivity index (χ3n) is 4.70. The second kappa shape index (κ2) is 10.2. The van der Waals surface area contributed by atoms with Crippen LogP contribution in [0.2, 0.25) is 0 Å². The highest BCUT2D eigenvalue weighted by Crippen LogP contribution is 2.27. The predicted octanol–water partition coefficient (Wildman–Crippen LogP) is 4.31. The Morgan fingerprint density at radius 3 is 2.10 bits per heavy atom. The lowest BCUT2D eigenvalue weighted by Crippen LogP contribution is -2.23. The van der Waals surface area contributed by atoms with E-state index in [1.54, 1.807) is 12.3 Å². The number of hydrogen-bond donors (Lipinski definition) is 2. The molecule has 3 aromatic rings. The Labute approximate surface area is 170 Å². The van der Waals surface area contributed by atoms with E-state index in [4.69, 9.17) is 0 Å². The van der Waals surface area contributed by atoms with Crippen LogP contribution >= 0.6 is 0 Å². The van der Waals surface area contributed by atoms with Crippen molar-refractivity contribution in [1.82, 2.24) is 10.7 Å². The van der Waals surface area contributed by atoms with Gasteiger partial charge in [0.2, 0.25) is 11.8 Å². The maximum absolute atomic E-state index is 12.0. The first-order chi connectivity index (χ1) is 14.2. The zero-order valence-electron chi connectivity index (χ0n) is 16.4. The van der Waals surface area contributed by atoms with E-state index in [0.29, 0.717) is 32.2 Å². The lowest BCUT2D eigenvalue weighted by Gasteiger charge is -2.08. The molecule has 0 aromatic heterocycles. The van der Waals surface area contributed by atoms with Gasteiger partial charge in [0.1, 0.15) is 0 Å². The predicted molar refractivity (Wildman–Crippen MR) is 119 cm³/mol. The second-order valence-electron chi connectivity index (χ2n) is 6.83. The van der Waals surface area contributed by atoms with Crippen LogP contribution in [-0.2, 0) is 9.59 Å². The number of carbonyl (C=O) groups is 2. The van der Waals surface area contributed by atoms with Gasteiger partial charge in [-0.15, -0.1) is 6.58 Å². The Kier molecular flexibility index (Phi) is 7.11. The van der Waals surface area contributed by atoms with Gasteiger partial charge in [0.15, 0.2) is 0 Å². The van der Waals surface area contributed by atoms with Crippen molar-refractivity contribution in [2.45, 2.75) is 25.7 Å². The average molecular weight is 387 g/mol. The molecule has 5 nitrogen and oxygen atoms in total. The molecule has 148 valence electrons. The average Bonchev–Trinajstić information content (AvgIpc) is 2.74. The summed E-state index contributed by atoms with van der Waals surface area (Å²) in [5.74, 6) is -0.177. The fraction of sp³-hybridized carbons (Fsp3) is 0.208. The van der Waals surface area contributed by atoms with E-state index in [0.717, 1.165) is 27.1 Å². The number of unbranched alkanes of at least 4 members (excludes halogenated alkanes) is 1. The van der Waals surface area contributed by atoms with E-state index in [1.165, 1.54) is 0 Å². The van der Waals surface area contributed by atoms with Crippen LogP contribution in [0, 0.1) is 0 Å². The minimum Gasteiger partial charge on any atom is -0.353 e. The van der Waals surface area contributed by atoms with Crippen molar-refractivity contribution in [1.29, 1.82) is 0 Å². The number of carbonyl (C=O) groups excluding carboxylic acids is 2. The molecule has 3 rings (SSSR count). The zero-order chi connectivity index (χ0) is 20.5. The number of benzene rings is 3. The van der Waals surface area contributed by atoms with Gasteiger partial charge in [-0.05, 0) is 40.5 Å². The zero-order valence-corrected chi connectivity index (χ0v) is 16.4. The molecular weight excluding hydrogens is 362 g/mol. The van der Waals surface area contributed by atoms with Gasteiger partial charge in [-0.1, -0.05) is 54.6 Å². The van der Waals surface area contributed by atoms with Crippen LogP contribution in [0.25, 0.3) is 21.5 Å². The van der Waals surface area contributed by atoms with E-state index in [9.17, 15) is 9.59 Å². The number of hydrazone groups is 1. The van der Waals surface area contributed by atoms with Crippen molar-refractivity contribution in [2.75, 3.05) is 6.54 Å². The minimum atomic E-state index is -0.155. The molecule has 0 aliphatic rings. The molecule has 0 radical (unpaired) electrons. The van der Waals surface area contributed by atoms with E-state index in [1.807, 2.05) is 24.3 Å². The summed E-state index contributed by atoms with van der Waals surface area (Å²) in [7, 11) is 0. The Morgan fingerprint density at radius 1 is 0.897 bits per heavy atom. The Hall–Kier alpha value is -3.47. The van der Waals surface area contributed by atoms with Gasteiger partial charge in [0.05, 0.1) is 6.21 Å². The van der Waals surface area contributed by atoms with Crippen LogP contribution in [-0.4, -0.2) is 24.6 Å². The molecule has 0 saturated heterocycles. The molecule has 0 atom stereocenters. The molecular formula is C24H25N3O2. The first-order valence-electron chi connectivity index (χ1n) is 9.79. The molecule has 0 aliphatic heterocycles. The molecule has 0 unspecified atom stereocenters. The molecule has 2 amide bonds. The molecule has 0 spiro atoms. The van der Waals surface area contributed by atoms with Gasteiger partial charge in [0.25, 0.3) is 0 Å². The van der Waals surface area contributed by atoms with Crippen LogP contribution < -0.4 is 10.7 Å². The number of rotatable bonds is 9. The van der Waals surface area contributed by atoms with E-state index < -0.39 is 0 Å². The van der Waals surface area contributed by atoms with E-state index in [2.05, 4.69) is 52.8 Å². The van der Waals surface area contributed by atoms with Gasteiger partial charge in [-0.2, -0.15) is 5.10 Å². The summed E-state index contributed by atoms with van der Waals surface area (Å²) in [5.41, 5.74) is 3.58. The maximum Gasteiger partial charge on any atom is 0.240 e. The Bertz CT molecular complexity index is 1000. The van der Waals surface area contributed by atoms with Crippen LogP contribution in [0.15, 0.2) is 72.4 Å². The second-order valence-corrected chi connectivity index (χ2v) is 6.83. The van der Waals surface area contributed by atoms with Gasteiger partial charge >= 0.3 is 0 Å². The lowest BCUT2D eigenvalue weighted by molar-refractivity contribution is -0.122. The van der Waals surface area contributed by atoms with Crippen LogP contribution in [0.3, 0.4) is 0 Å². The molecule has 5 heteroatoms. The summed E-state index contributed by atoms with van der Waals surface area (Å²) in [4.78, 5) is 23.5. The van der Waals surface area contributed by atoms with Crippen LogP contribution in [0.5, 0.6) is 0 Å². The third kappa shape index (κ3) is 5.51. The molecule has 29 heavy (non-hydrogen) atoms. The standard InChI is InChI=1S/C24H25N3O2/c1-2-15-25-23(28)13-7-8-14-24(29)27-26-17-22-20-11-5-3-9-18(20)16-19-10-4-6-12-21(19)22/h2-6,9-12,16-17H,1,7-8,13-15H2,(H,25,28)(H,27,29)/b26-17-. The Morgan fingerprint density at radius 2 is 1.48 bits per heavy atom. The lowest BCUT2D eigenvalue weighted by atomic mass is 9.97. The topological polar surface area (TPSA) is 70.6 Å². The highest BCUT2D eigenvalue weighted by molar-refractivity contribution is 6.13. The van der Waals surface area contributed by atoms with Crippen LogP contribution in [0.1, 0.15) is 31.2 Å². The van der Waals surface area contributed by atoms with Crippen molar-refractivity contribution in [2.24, 2.45) is 5.10 Å². The largest absolute Gasteiger partial charge is 0.353 e. The summed E-state index contributed by atoms with van der Waals surface area (Å²) in [6.45, 7) is 4.02. The SMILES string of the molecule is C=CCNC(=O)CCCCC(=O)N/N=C\c1c2ccccc2cc2ccccc12. The van der Waals surface area contributed by atoms with Gasteiger partial charge < -0.3 is 5.32 Å². The molecule has 0 fully saturated rings. The summed E-state index contributed by atoms with van der Waals surface area (Å²) >= 11 is 0. The minimum absolute atomic E-state index is 0.0221. The number of nitrogens with one attached hydrogen (secondary N) is 2. The summed E-state index contributed by atoms with van der Waals surface area (Å²) in [5, 5.41) is 11.4. The number of nitrogens with zero attached hydrogens (tertiary/aromatic N) is 1. The molecule has 2 N–H and O–H groups in total. The third-order valence-corrected chi connectivity index (χ3v) is 4.70. The van der Waals surface area contributed by atoms with Gasteiger partial charge in [0, 0.05) is 24.9 Å². The smallest absolute Gasteiger partial charge is 0.240 e. The number of amides is 2. The molecule has 3 aromatic carbocycles. The van der Waals surface area contributed by atoms with Crippen molar-refractivity contribution >= 4 is 39.6 Å². The fourth-order valence-corrected chi connectivity index (χ4v) is 3.26. The molecule has 0 saturated carbocycles. The molecule has 0 heterocycles. The highest BCUT2D eigenvalue weighted by atomic mass is 16.2. The van der Waals surface area contributed by atoms with Gasteiger partial charge in [-0.3, -0.25) is 9.59 Å². The highest BCUT2D eigenvalue weighted by Gasteiger charge is 2.06. The Balaban J connectivity index is 1.60. The van der Waals surface area contributed by atoms with Crippen molar-refractivity contribution in [3.05, 3.63) is 72.8 Å². The first-order valence-corrected chi connectivity index (χ1v) is 9.79. The first kappa shape index (κ1) is 20.3. The van der Waals surface area contributed by atoms with Crippen molar-refractivity contribution in [3.63, 3.8) is 0 Å². The van der Waals surface area contributed by atoms with Crippen LogP contribution in [0.4, 0.5) is 0 Å².